The monoisotopic (exact) mass is 482 g/mol. The van der Waals surface area contributed by atoms with Crippen molar-refractivity contribution >= 4 is 50.8 Å². The number of anilines is 1. The summed E-state index contributed by atoms with van der Waals surface area (Å²) in [6.07, 6.45) is -1.55. The number of aliphatic hydroxyl groups excluding tert-OH is 1. The lowest BCUT2D eigenvalue weighted by molar-refractivity contribution is -0.137. The number of hydrogen-bond donors (Lipinski definition) is 2. The zero-order valence-corrected chi connectivity index (χ0v) is 18.5. The highest BCUT2D eigenvalue weighted by atomic mass is 32.1. The number of nitrogens with two attached hydrogens (primary N) is 1. The van der Waals surface area contributed by atoms with Gasteiger partial charge in [0.05, 0.1) is 22.4 Å². The van der Waals surface area contributed by atoms with Gasteiger partial charge in [-0.05, 0) is 12.1 Å². The van der Waals surface area contributed by atoms with E-state index in [0.717, 1.165) is 22.6 Å². The molecule has 172 valence electrons. The van der Waals surface area contributed by atoms with Crippen molar-refractivity contribution in [1.82, 2.24) is 14.5 Å². The molecule has 1 unspecified atom stereocenters. The Balaban J connectivity index is 1.81. The number of thiophene rings is 1. The van der Waals surface area contributed by atoms with Crippen LogP contribution in [0.25, 0.3) is 21.6 Å². The van der Waals surface area contributed by atoms with Crippen molar-refractivity contribution in [3.8, 4) is 0 Å². The molecule has 2 aromatic heterocycles. The van der Waals surface area contributed by atoms with Crippen molar-refractivity contribution in [1.29, 1.82) is 0 Å². The first-order valence-corrected chi connectivity index (χ1v) is 11.2. The molecule has 34 heavy (non-hydrogen) atoms. The second-order valence-electron chi connectivity index (χ2n) is 7.76. The van der Waals surface area contributed by atoms with E-state index < -0.39 is 11.7 Å². The summed E-state index contributed by atoms with van der Waals surface area (Å²) in [6, 6.07) is 16.3. The van der Waals surface area contributed by atoms with E-state index in [9.17, 15) is 18.3 Å². The number of halogens is 3. The Bertz CT molecular complexity index is 1430. The van der Waals surface area contributed by atoms with Gasteiger partial charge in [0.25, 0.3) is 0 Å². The Morgan fingerprint density at radius 2 is 1.79 bits per heavy atom. The zero-order valence-electron chi connectivity index (χ0n) is 17.7. The van der Waals surface area contributed by atoms with Gasteiger partial charge in [-0.25, -0.2) is 14.5 Å². The number of fused-ring (bicyclic) bond motifs is 1. The topological polar surface area (TPSA) is 84.4 Å². The van der Waals surface area contributed by atoms with Gasteiger partial charge in [0.15, 0.2) is 5.70 Å². The molecule has 0 spiro atoms. The molecule has 10 heteroatoms. The lowest BCUT2D eigenvalue weighted by Gasteiger charge is -2.32. The molecule has 0 radical (unpaired) electrons. The molecule has 2 aromatic carbocycles. The maximum atomic E-state index is 13.6. The van der Waals surface area contributed by atoms with Gasteiger partial charge in [-0.3, -0.25) is 0 Å². The molecule has 0 saturated carbocycles. The average molecular weight is 483 g/mol. The van der Waals surface area contributed by atoms with E-state index in [1.165, 1.54) is 23.7 Å². The van der Waals surface area contributed by atoms with Gasteiger partial charge < -0.3 is 10.8 Å². The summed E-state index contributed by atoms with van der Waals surface area (Å²) < 4.78 is 40.6. The summed E-state index contributed by atoms with van der Waals surface area (Å²) in [5.41, 5.74) is 7.67. The summed E-state index contributed by atoms with van der Waals surface area (Å²) in [7, 11) is 0. The van der Waals surface area contributed by atoms with Gasteiger partial charge >= 0.3 is 6.18 Å². The fraction of sp³-hybridized carbons (Fsp3) is 0.125. The van der Waals surface area contributed by atoms with Crippen molar-refractivity contribution < 1.29 is 18.3 Å². The van der Waals surface area contributed by atoms with E-state index in [4.69, 9.17) is 5.73 Å². The maximum Gasteiger partial charge on any atom is 0.416 e. The summed E-state index contributed by atoms with van der Waals surface area (Å²) >= 11 is 1.35. The molecular formula is C24H19F3N5OS+. The number of benzene rings is 2. The van der Waals surface area contributed by atoms with Crippen LogP contribution in [-0.2, 0) is 6.18 Å². The molecule has 6 nitrogen and oxygen atoms in total. The molecule has 0 fully saturated rings. The summed E-state index contributed by atoms with van der Waals surface area (Å²) in [6.45, 7) is -0.188. The first-order chi connectivity index (χ1) is 16.3. The van der Waals surface area contributed by atoms with Gasteiger partial charge in [0.1, 0.15) is 34.9 Å². The number of nitrogen functional groups attached to an aromatic ring is 1. The number of aromatic nitrogens is 2. The maximum absolute atomic E-state index is 13.6. The van der Waals surface area contributed by atoms with Gasteiger partial charge in [0.2, 0.25) is 6.34 Å². The molecule has 5 rings (SSSR count). The number of hydrogen-bond acceptors (Lipinski definition) is 6. The summed E-state index contributed by atoms with van der Waals surface area (Å²) in [5.74, 6) is 0.313. The Morgan fingerprint density at radius 3 is 2.50 bits per heavy atom. The van der Waals surface area contributed by atoms with E-state index in [2.05, 4.69) is 15.0 Å². The normalized spacial score (nSPS) is 18.2. The smallest absolute Gasteiger partial charge is 0.390 e. The van der Waals surface area contributed by atoms with Crippen LogP contribution in [0.1, 0.15) is 16.0 Å². The molecule has 1 aliphatic rings. The third kappa shape index (κ3) is 3.65. The Labute approximate surface area is 196 Å². The van der Waals surface area contributed by atoms with Crippen molar-refractivity contribution in [3.05, 3.63) is 83.0 Å². The molecule has 0 amide bonds. The second-order valence-corrected chi connectivity index (χ2v) is 8.79. The highest BCUT2D eigenvalue weighted by Crippen LogP contribution is 2.47. The Kier molecular flexibility index (Phi) is 5.43. The van der Waals surface area contributed by atoms with E-state index in [1.54, 1.807) is 12.4 Å². The standard InChI is InChI=1S/C24H19F3N5OS/c25-24(26,27)16-7-4-8-17(11-16)32(9-10-33)14-31-20(15-5-2-1-3-6-15)21(32)19-12-18-22(28)29-13-30-23(18)34-19/h1-8,11-14,33H,9-10H2,(H2,28,29,30)/q+1. The molecule has 3 heterocycles. The minimum absolute atomic E-state index is 0.0892. The van der Waals surface area contributed by atoms with E-state index in [0.29, 0.717) is 33.1 Å². The summed E-state index contributed by atoms with van der Waals surface area (Å²) in [4.78, 5) is 14.4. The first kappa shape index (κ1) is 22.2. The second kappa shape index (κ2) is 8.32. The number of aliphatic imine (C=N–C) groups is 1. The lowest BCUT2D eigenvalue weighted by Crippen LogP contribution is -2.46. The molecular weight excluding hydrogens is 463 g/mol. The van der Waals surface area contributed by atoms with E-state index in [-0.39, 0.29) is 17.6 Å². The SMILES string of the molecule is Nc1ncnc2sc(C3=C(c4ccccc4)N=C[N+]3(CCO)c3cccc(C(F)(F)F)c3)cc12. The third-order valence-corrected chi connectivity index (χ3v) is 6.78. The third-order valence-electron chi connectivity index (χ3n) is 5.74. The van der Waals surface area contributed by atoms with Crippen molar-refractivity contribution in [3.63, 3.8) is 0 Å². The van der Waals surface area contributed by atoms with Crippen molar-refractivity contribution in [2.75, 3.05) is 18.9 Å². The number of alkyl halides is 3. The Hall–Kier alpha value is -3.60. The molecule has 3 N–H and O–H groups in total. The first-order valence-electron chi connectivity index (χ1n) is 10.4. The molecule has 4 aromatic rings. The minimum atomic E-state index is -4.51. The quantitative estimate of drug-likeness (QED) is 0.385. The van der Waals surface area contributed by atoms with Crippen molar-refractivity contribution in [2.24, 2.45) is 4.99 Å². The van der Waals surface area contributed by atoms with E-state index in [1.807, 2.05) is 36.4 Å². The molecule has 0 aliphatic carbocycles. The van der Waals surface area contributed by atoms with Crippen molar-refractivity contribution in [2.45, 2.75) is 6.18 Å². The number of quaternary nitrogens is 1. The largest absolute Gasteiger partial charge is 0.416 e. The van der Waals surface area contributed by atoms with Crippen LogP contribution in [0.15, 0.2) is 72.0 Å². The highest BCUT2D eigenvalue weighted by molar-refractivity contribution is 7.19. The van der Waals surface area contributed by atoms with Gasteiger partial charge in [-0.2, -0.15) is 18.2 Å². The van der Waals surface area contributed by atoms with Crippen LogP contribution < -0.4 is 10.2 Å². The highest BCUT2D eigenvalue weighted by Gasteiger charge is 2.44. The fourth-order valence-electron chi connectivity index (χ4n) is 4.16. The van der Waals surface area contributed by atoms with Crippen LogP contribution >= 0.6 is 11.3 Å². The number of rotatable bonds is 5. The van der Waals surface area contributed by atoms with Crippen LogP contribution in [-0.4, -0.2) is 34.6 Å². The molecule has 1 aliphatic heterocycles. The van der Waals surface area contributed by atoms with Crippen LogP contribution in [0, 0.1) is 0 Å². The molecule has 0 saturated heterocycles. The Morgan fingerprint density at radius 1 is 1.00 bits per heavy atom. The lowest BCUT2D eigenvalue weighted by atomic mass is 10.1. The predicted octanol–water partition coefficient (Wildman–Crippen LogP) is 5.16. The molecule has 1 atom stereocenters. The zero-order chi connectivity index (χ0) is 23.9. The van der Waals surface area contributed by atoms with Crippen LogP contribution in [0.5, 0.6) is 0 Å². The number of nitrogens with zero attached hydrogens (tertiary/aromatic N) is 4. The summed E-state index contributed by atoms with van der Waals surface area (Å²) in [5, 5.41) is 10.7. The van der Waals surface area contributed by atoms with Crippen LogP contribution in [0.2, 0.25) is 0 Å². The predicted molar refractivity (Wildman–Crippen MR) is 129 cm³/mol. The fourth-order valence-corrected chi connectivity index (χ4v) is 5.27. The van der Waals surface area contributed by atoms with Gasteiger partial charge in [-0.1, -0.05) is 36.4 Å². The van der Waals surface area contributed by atoms with Gasteiger partial charge in [-0.15, -0.1) is 11.3 Å². The minimum Gasteiger partial charge on any atom is -0.390 e. The van der Waals surface area contributed by atoms with E-state index >= 15 is 0 Å². The van der Waals surface area contributed by atoms with Crippen LogP contribution in [0.4, 0.5) is 24.7 Å². The average Bonchev–Trinajstić information content (AvgIpc) is 3.42. The molecule has 0 bridgehead atoms. The number of aliphatic hydroxyl groups is 1. The van der Waals surface area contributed by atoms with Gasteiger partial charge in [0, 0.05) is 17.7 Å². The van der Waals surface area contributed by atoms with Crippen LogP contribution in [0.3, 0.4) is 0 Å².